The number of anilines is 1. The summed E-state index contributed by atoms with van der Waals surface area (Å²) >= 11 is 0. The van der Waals surface area contributed by atoms with E-state index in [4.69, 9.17) is 9.47 Å². The standard InChI is InChI=1S/C28H36N2O5/c1-18(2)17-35-23-9-7-8-21(16-23)26(31)24-25(20-10-12-22(13-11-20)29(5)6)30(28(33)27(24)32)14-15-34-19(3)4/h7-13,16,18-19,25,31H,14-15,17H2,1-6H3/b26-24-. The summed E-state index contributed by atoms with van der Waals surface area (Å²) in [6.07, 6.45) is -0.00164. The highest BCUT2D eigenvalue weighted by atomic mass is 16.5. The minimum atomic E-state index is -0.720. The van der Waals surface area contributed by atoms with E-state index in [0.29, 0.717) is 23.8 Å². The van der Waals surface area contributed by atoms with Gasteiger partial charge in [-0.2, -0.15) is 0 Å². The van der Waals surface area contributed by atoms with Gasteiger partial charge in [0.25, 0.3) is 11.7 Å². The molecule has 1 N–H and O–H groups in total. The molecule has 2 aromatic carbocycles. The zero-order chi connectivity index (χ0) is 25.7. The van der Waals surface area contributed by atoms with Gasteiger partial charge in [-0.3, -0.25) is 9.59 Å². The Kier molecular flexibility index (Phi) is 8.57. The van der Waals surface area contributed by atoms with E-state index in [1.165, 1.54) is 4.90 Å². The molecule has 3 rings (SSSR count). The molecule has 0 aliphatic carbocycles. The van der Waals surface area contributed by atoms with Crippen molar-refractivity contribution in [3.05, 3.63) is 65.2 Å². The molecule has 0 radical (unpaired) electrons. The second kappa shape index (κ2) is 11.4. The minimum Gasteiger partial charge on any atom is -0.507 e. The number of amides is 1. The van der Waals surface area contributed by atoms with E-state index in [9.17, 15) is 14.7 Å². The molecular weight excluding hydrogens is 444 g/mol. The van der Waals surface area contributed by atoms with Gasteiger partial charge in [0, 0.05) is 31.9 Å². The Labute approximate surface area is 207 Å². The summed E-state index contributed by atoms with van der Waals surface area (Å²) in [6, 6.07) is 13.9. The summed E-state index contributed by atoms with van der Waals surface area (Å²) in [4.78, 5) is 29.7. The lowest BCUT2D eigenvalue weighted by Gasteiger charge is -2.26. The number of ether oxygens (including phenoxy) is 2. The zero-order valence-electron chi connectivity index (χ0n) is 21.4. The first-order valence-electron chi connectivity index (χ1n) is 12.0. The predicted octanol–water partition coefficient (Wildman–Crippen LogP) is 4.63. The maximum atomic E-state index is 13.2. The smallest absolute Gasteiger partial charge is 0.295 e. The summed E-state index contributed by atoms with van der Waals surface area (Å²) in [5.74, 6) is -0.632. The predicted molar refractivity (Wildman–Crippen MR) is 138 cm³/mol. The number of Topliss-reactive ketones (excluding diaryl/α,β-unsaturated/α-hetero) is 1. The third kappa shape index (κ3) is 6.22. The van der Waals surface area contributed by atoms with Crippen molar-refractivity contribution in [1.82, 2.24) is 4.90 Å². The van der Waals surface area contributed by atoms with E-state index < -0.39 is 17.7 Å². The van der Waals surface area contributed by atoms with Crippen molar-refractivity contribution in [2.45, 2.75) is 39.8 Å². The van der Waals surface area contributed by atoms with Crippen LogP contribution in [-0.2, 0) is 14.3 Å². The van der Waals surface area contributed by atoms with E-state index in [1.54, 1.807) is 24.3 Å². The van der Waals surface area contributed by atoms with Gasteiger partial charge in [-0.05, 0) is 49.6 Å². The number of carbonyl (C=O) groups excluding carboxylic acids is 2. The molecule has 1 atom stereocenters. The van der Waals surface area contributed by atoms with Crippen molar-refractivity contribution in [2.75, 3.05) is 38.8 Å². The number of hydrogen-bond acceptors (Lipinski definition) is 6. The molecule has 1 amide bonds. The Morgan fingerprint density at radius 3 is 2.34 bits per heavy atom. The molecule has 0 spiro atoms. The maximum Gasteiger partial charge on any atom is 0.295 e. The minimum absolute atomic E-state index is 0.00164. The molecule has 1 aliphatic heterocycles. The summed E-state index contributed by atoms with van der Waals surface area (Å²) in [5.41, 5.74) is 2.23. The number of benzene rings is 2. The van der Waals surface area contributed by atoms with Crippen molar-refractivity contribution in [1.29, 1.82) is 0 Å². The lowest BCUT2D eigenvalue weighted by Crippen LogP contribution is -2.33. The highest BCUT2D eigenvalue weighted by Crippen LogP contribution is 2.40. The van der Waals surface area contributed by atoms with Crippen LogP contribution in [0, 0.1) is 5.92 Å². The fraction of sp³-hybridized carbons (Fsp3) is 0.429. The summed E-state index contributed by atoms with van der Waals surface area (Å²) in [5, 5.41) is 11.3. The van der Waals surface area contributed by atoms with E-state index >= 15 is 0 Å². The van der Waals surface area contributed by atoms with Crippen molar-refractivity contribution in [2.24, 2.45) is 5.92 Å². The molecule has 1 fully saturated rings. The highest BCUT2D eigenvalue weighted by molar-refractivity contribution is 6.46. The Morgan fingerprint density at radius 1 is 1.06 bits per heavy atom. The molecule has 1 aliphatic rings. The molecule has 0 aromatic heterocycles. The second-order valence-corrected chi connectivity index (χ2v) is 9.63. The van der Waals surface area contributed by atoms with Gasteiger partial charge in [0.2, 0.25) is 0 Å². The van der Waals surface area contributed by atoms with Gasteiger partial charge in [0.15, 0.2) is 0 Å². The quantitative estimate of drug-likeness (QED) is 0.303. The molecule has 7 heteroatoms. The van der Waals surface area contributed by atoms with Gasteiger partial charge in [0.1, 0.15) is 11.5 Å². The van der Waals surface area contributed by atoms with Crippen LogP contribution in [0.15, 0.2) is 54.1 Å². The van der Waals surface area contributed by atoms with E-state index in [-0.39, 0.29) is 30.6 Å². The first-order valence-corrected chi connectivity index (χ1v) is 12.0. The molecule has 2 aromatic rings. The molecule has 188 valence electrons. The average Bonchev–Trinajstić information content (AvgIpc) is 3.07. The number of aliphatic hydroxyl groups excluding tert-OH is 1. The SMILES string of the molecule is CC(C)COc1cccc(/C(O)=C2/C(=O)C(=O)N(CCOC(C)C)C2c2ccc(N(C)C)cc2)c1. The van der Waals surface area contributed by atoms with Crippen molar-refractivity contribution in [3.63, 3.8) is 0 Å². The molecular formula is C28H36N2O5. The molecule has 35 heavy (non-hydrogen) atoms. The van der Waals surface area contributed by atoms with Gasteiger partial charge in [-0.25, -0.2) is 0 Å². The zero-order valence-corrected chi connectivity index (χ0v) is 21.4. The molecule has 1 heterocycles. The van der Waals surface area contributed by atoms with Crippen LogP contribution in [0.25, 0.3) is 5.76 Å². The van der Waals surface area contributed by atoms with E-state index in [0.717, 1.165) is 11.3 Å². The Bertz CT molecular complexity index is 1070. The topological polar surface area (TPSA) is 79.3 Å². The van der Waals surface area contributed by atoms with Gasteiger partial charge in [0.05, 0.1) is 30.9 Å². The van der Waals surface area contributed by atoms with Crippen LogP contribution in [0.5, 0.6) is 5.75 Å². The summed E-state index contributed by atoms with van der Waals surface area (Å²) in [6.45, 7) is 8.99. The third-order valence-corrected chi connectivity index (χ3v) is 5.74. The van der Waals surface area contributed by atoms with Crippen molar-refractivity contribution < 1.29 is 24.2 Å². The molecule has 0 bridgehead atoms. The average molecular weight is 481 g/mol. The van der Waals surface area contributed by atoms with Crippen LogP contribution in [0.4, 0.5) is 5.69 Å². The Hall–Kier alpha value is -3.32. The van der Waals surface area contributed by atoms with E-state index in [1.807, 2.05) is 57.1 Å². The Balaban J connectivity index is 2.05. The number of hydrogen-bond donors (Lipinski definition) is 1. The number of ketones is 1. The second-order valence-electron chi connectivity index (χ2n) is 9.63. The van der Waals surface area contributed by atoms with Crippen molar-refractivity contribution >= 4 is 23.1 Å². The molecule has 1 saturated heterocycles. The lowest BCUT2D eigenvalue weighted by atomic mass is 9.95. The lowest BCUT2D eigenvalue weighted by molar-refractivity contribution is -0.140. The number of likely N-dealkylation sites (tertiary alicyclic amines) is 1. The monoisotopic (exact) mass is 480 g/mol. The van der Waals surface area contributed by atoms with Crippen LogP contribution in [0.3, 0.4) is 0 Å². The Morgan fingerprint density at radius 2 is 1.74 bits per heavy atom. The largest absolute Gasteiger partial charge is 0.507 e. The number of nitrogens with zero attached hydrogens (tertiary/aromatic N) is 2. The van der Waals surface area contributed by atoms with Crippen LogP contribution < -0.4 is 9.64 Å². The van der Waals surface area contributed by atoms with Gasteiger partial charge < -0.3 is 24.4 Å². The van der Waals surface area contributed by atoms with Gasteiger partial charge in [-0.1, -0.05) is 38.1 Å². The normalized spacial score (nSPS) is 17.5. The maximum absolute atomic E-state index is 13.2. The number of aliphatic hydroxyl groups is 1. The van der Waals surface area contributed by atoms with Gasteiger partial charge >= 0.3 is 0 Å². The fourth-order valence-corrected chi connectivity index (χ4v) is 3.95. The fourth-order valence-electron chi connectivity index (χ4n) is 3.95. The first kappa shape index (κ1) is 26.3. The van der Waals surface area contributed by atoms with Crippen LogP contribution in [0.1, 0.15) is 44.9 Å². The molecule has 7 nitrogen and oxygen atoms in total. The van der Waals surface area contributed by atoms with Crippen LogP contribution in [0.2, 0.25) is 0 Å². The number of rotatable bonds is 10. The van der Waals surface area contributed by atoms with Gasteiger partial charge in [-0.15, -0.1) is 0 Å². The number of carbonyl (C=O) groups is 2. The molecule has 0 saturated carbocycles. The van der Waals surface area contributed by atoms with Crippen molar-refractivity contribution in [3.8, 4) is 5.75 Å². The first-order chi connectivity index (χ1) is 16.6. The van der Waals surface area contributed by atoms with E-state index in [2.05, 4.69) is 13.8 Å². The van der Waals surface area contributed by atoms with Crippen LogP contribution >= 0.6 is 0 Å². The third-order valence-electron chi connectivity index (χ3n) is 5.74. The summed E-state index contributed by atoms with van der Waals surface area (Å²) < 4.78 is 11.5. The molecule has 1 unspecified atom stereocenters. The van der Waals surface area contributed by atoms with Crippen LogP contribution in [-0.4, -0.2) is 61.7 Å². The highest BCUT2D eigenvalue weighted by Gasteiger charge is 2.46. The summed E-state index contributed by atoms with van der Waals surface area (Å²) in [7, 11) is 3.89.